The lowest BCUT2D eigenvalue weighted by atomic mass is 10.0. The van der Waals surface area contributed by atoms with Crippen LogP contribution in [0.2, 0.25) is 0 Å². The number of benzene rings is 4. The lowest BCUT2D eigenvalue weighted by Crippen LogP contribution is -2.49. The van der Waals surface area contributed by atoms with Crippen molar-refractivity contribution in [3.05, 3.63) is 150 Å². The number of fused-ring (bicyclic) bond motifs is 2. The van der Waals surface area contributed by atoms with Crippen LogP contribution >= 0.6 is 34.9 Å². The Bertz CT molecular complexity index is 2080. The largest absolute Gasteiger partial charge is 0.462 e. The zero-order chi connectivity index (χ0) is 34.5. The molecule has 1 aromatic heterocycles. The van der Waals surface area contributed by atoms with Gasteiger partial charge in [-0.05, 0) is 48.4 Å². The van der Waals surface area contributed by atoms with E-state index in [0.717, 1.165) is 26.6 Å². The molecule has 3 unspecified atom stereocenters. The standard InChI is InChI=1S/C40H33N3O4S3/c1-2-47-39(45)35-30(26-14-5-3-6-15-26)25-48-38(35)42-37(44)36(27-16-7-4-8-17-27)49-29-19-13-18-28(24-29)41-40(46)43-31-20-9-11-22-33(31)50-34-23-12-10-21-32(34)43/h3-25,31,33,36H,2H2,1H3,(H,41,46)(H,42,44). The monoisotopic (exact) mass is 715 g/mol. The van der Waals surface area contributed by atoms with E-state index in [0.29, 0.717) is 21.8 Å². The molecule has 4 aromatic carbocycles. The van der Waals surface area contributed by atoms with E-state index < -0.39 is 11.2 Å². The van der Waals surface area contributed by atoms with Crippen molar-refractivity contribution in [2.75, 3.05) is 22.1 Å². The van der Waals surface area contributed by atoms with Gasteiger partial charge in [0.2, 0.25) is 5.91 Å². The van der Waals surface area contributed by atoms with Crippen LogP contribution in [0.4, 0.5) is 21.2 Å². The third-order valence-corrected chi connectivity index (χ3v) is 11.7. The number of hydrogen-bond acceptors (Lipinski definition) is 7. The Kier molecular flexibility index (Phi) is 10.2. The van der Waals surface area contributed by atoms with E-state index in [1.54, 1.807) is 18.7 Å². The number of thiophene rings is 1. The van der Waals surface area contributed by atoms with Gasteiger partial charge < -0.3 is 15.4 Å². The second-order valence-corrected chi connectivity index (χ2v) is 14.8. The Balaban J connectivity index is 1.14. The number of allylic oxidation sites excluding steroid dienone is 2. The number of anilines is 3. The normalized spacial score (nSPS) is 16.5. The Hall–Kier alpha value is -5.03. The maximum absolute atomic E-state index is 14.1. The number of thioether (sulfide) groups is 2. The second kappa shape index (κ2) is 15.2. The number of amides is 3. The highest BCUT2D eigenvalue weighted by molar-refractivity contribution is 8.00. The number of urea groups is 1. The second-order valence-electron chi connectivity index (χ2n) is 11.5. The molecule has 10 heteroatoms. The summed E-state index contributed by atoms with van der Waals surface area (Å²) in [5.41, 5.74) is 4.18. The van der Waals surface area contributed by atoms with Gasteiger partial charge in [-0.25, -0.2) is 9.59 Å². The molecule has 2 aliphatic rings. The van der Waals surface area contributed by atoms with Crippen molar-refractivity contribution in [2.45, 2.75) is 33.3 Å². The molecule has 3 atom stereocenters. The van der Waals surface area contributed by atoms with Crippen molar-refractivity contribution in [1.29, 1.82) is 0 Å². The van der Waals surface area contributed by atoms with E-state index in [1.165, 1.54) is 23.1 Å². The molecule has 7 nitrogen and oxygen atoms in total. The van der Waals surface area contributed by atoms with E-state index in [1.807, 2.05) is 132 Å². The highest BCUT2D eigenvalue weighted by Gasteiger charge is 2.37. The van der Waals surface area contributed by atoms with Crippen LogP contribution in [0.1, 0.15) is 28.1 Å². The van der Waals surface area contributed by atoms with Crippen LogP contribution in [0.3, 0.4) is 0 Å². The summed E-state index contributed by atoms with van der Waals surface area (Å²) in [6.07, 6.45) is 8.20. The van der Waals surface area contributed by atoms with Gasteiger partial charge in [-0.2, -0.15) is 0 Å². The molecule has 1 aliphatic carbocycles. The van der Waals surface area contributed by atoms with Gasteiger partial charge in [0.15, 0.2) is 0 Å². The van der Waals surface area contributed by atoms with Gasteiger partial charge in [0, 0.05) is 26.4 Å². The minimum Gasteiger partial charge on any atom is -0.462 e. The minimum atomic E-state index is -0.662. The van der Waals surface area contributed by atoms with Crippen LogP contribution in [-0.4, -0.2) is 35.8 Å². The molecule has 5 aromatic rings. The summed E-state index contributed by atoms with van der Waals surface area (Å²) < 4.78 is 5.41. The third-order valence-electron chi connectivity index (χ3n) is 8.23. The molecule has 2 heterocycles. The number of nitrogens with one attached hydrogen (secondary N) is 2. The molecule has 0 fully saturated rings. The summed E-state index contributed by atoms with van der Waals surface area (Å²) >= 11 is 4.42. The number of esters is 1. The quantitative estimate of drug-likeness (QED) is 0.117. The van der Waals surface area contributed by atoms with Gasteiger partial charge in [0.1, 0.15) is 15.8 Å². The number of carbonyl (C=O) groups is 3. The van der Waals surface area contributed by atoms with Gasteiger partial charge in [0.05, 0.1) is 23.6 Å². The predicted octanol–water partition coefficient (Wildman–Crippen LogP) is 10.1. The van der Waals surface area contributed by atoms with Crippen LogP contribution in [0.25, 0.3) is 11.1 Å². The highest BCUT2D eigenvalue weighted by Crippen LogP contribution is 2.44. The van der Waals surface area contributed by atoms with E-state index in [9.17, 15) is 14.4 Å². The summed E-state index contributed by atoms with van der Waals surface area (Å²) in [5.74, 6) is -0.774. The number of hydrogen-bond donors (Lipinski definition) is 2. The molecule has 0 saturated carbocycles. The number of rotatable bonds is 9. The fraction of sp³-hybridized carbons (Fsp3) is 0.125. The van der Waals surface area contributed by atoms with Crippen molar-refractivity contribution in [2.24, 2.45) is 0 Å². The molecule has 2 N–H and O–H groups in total. The van der Waals surface area contributed by atoms with Crippen molar-refractivity contribution in [3.63, 3.8) is 0 Å². The number of carbonyl (C=O) groups excluding carboxylic acids is 3. The molecular weight excluding hydrogens is 683 g/mol. The molecular formula is C40H33N3O4S3. The van der Waals surface area contributed by atoms with Crippen LogP contribution in [0.5, 0.6) is 0 Å². The zero-order valence-corrected chi connectivity index (χ0v) is 29.5. The van der Waals surface area contributed by atoms with Crippen molar-refractivity contribution in [3.8, 4) is 11.1 Å². The number of para-hydroxylation sites is 1. The first kappa shape index (κ1) is 33.5. The van der Waals surface area contributed by atoms with E-state index in [2.05, 4.69) is 22.8 Å². The SMILES string of the molecule is CCOC(=O)c1c(-c2ccccc2)csc1NC(=O)C(Sc1cccc(NC(=O)N2c3ccccc3SC3C=CC=CC32)c1)c1ccccc1. The Morgan fingerprint density at radius 2 is 1.60 bits per heavy atom. The average Bonchev–Trinajstić information content (AvgIpc) is 3.57. The molecule has 0 spiro atoms. The number of nitrogens with zero attached hydrogens (tertiary/aromatic N) is 1. The highest BCUT2D eigenvalue weighted by atomic mass is 32.2. The lowest BCUT2D eigenvalue weighted by Gasteiger charge is -2.40. The maximum Gasteiger partial charge on any atom is 0.341 e. The van der Waals surface area contributed by atoms with E-state index in [-0.39, 0.29) is 29.8 Å². The molecule has 0 radical (unpaired) electrons. The van der Waals surface area contributed by atoms with Crippen LogP contribution in [0, 0.1) is 0 Å². The molecule has 3 amide bonds. The average molecular weight is 716 g/mol. The fourth-order valence-corrected chi connectivity index (χ4v) is 9.26. The van der Waals surface area contributed by atoms with Crippen LogP contribution in [-0.2, 0) is 9.53 Å². The lowest BCUT2D eigenvalue weighted by molar-refractivity contribution is -0.115. The van der Waals surface area contributed by atoms with Gasteiger partial charge in [0.25, 0.3) is 0 Å². The first-order chi connectivity index (χ1) is 24.5. The minimum absolute atomic E-state index is 0.115. The summed E-state index contributed by atoms with van der Waals surface area (Å²) in [6.45, 7) is 1.97. The Labute approximate surface area is 303 Å². The smallest absolute Gasteiger partial charge is 0.341 e. The number of ether oxygens (including phenoxy) is 1. The van der Waals surface area contributed by atoms with Crippen LogP contribution in [0.15, 0.2) is 149 Å². The van der Waals surface area contributed by atoms with Gasteiger partial charge >= 0.3 is 12.0 Å². The van der Waals surface area contributed by atoms with Gasteiger partial charge in [-0.15, -0.1) is 34.9 Å². The van der Waals surface area contributed by atoms with Crippen molar-refractivity contribution < 1.29 is 19.1 Å². The van der Waals surface area contributed by atoms with Gasteiger partial charge in [-0.1, -0.05) is 103 Å². The first-order valence-electron chi connectivity index (χ1n) is 16.2. The molecule has 7 rings (SSSR count). The summed E-state index contributed by atoms with van der Waals surface area (Å²) in [6, 6.07) is 34.2. The van der Waals surface area contributed by atoms with E-state index in [4.69, 9.17) is 4.74 Å². The maximum atomic E-state index is 14.1. The predicted molar refractivity (Wildman–Crippen MR) is 205 cm³/mol. The topological polar surface area (TPSA) is 87.7 Å². The Morgan fingerprint density at radius 3 is 2.40 bits per heavy atom. The first-order valence-corrected chi connectivity index (χ1v) is 18.8. The Morgan fingerprint density at radius 1 is 0.860 bits per heavy atom. The van der Waals surface area contributed by atoms with Crippen molar-refractivity contribution in [1.82, 2.24) is 0 Å². The van der Waals surface area contributed by atoms with Gasteiger partial charge in [-0.3, -0.25) is 9.69 Å². The summed E-state index contributed by atoms with van der Waals surface area (Å²) in [5, 5.41) is 7.92. The summed E-state index contributed by atoms with van der Waals surface area (Å²) in [7, 11) is 0. The fourth-order valence-electron chi connectivity index (χ4n) is 5.96. The molecule has 1 aliphatic heterocycles. The van der Waals surface area contributed by atoms with E-state index >= 15 is 0 Å². The molecule has 250 valence electrons. The zero-order valence-electron chi connectivity index (χ0n) is 27.0. The van der Waals surface area contributed by atoms with Crippen molar-refractivity contribution >= 4 is 69.1 Å². The van der Waals surface area contributed by atoms with Crippen LogP contribution < -0.4 is 15.5 Å². The molecule has 0 saturated heterocycles. The molecule has 50 heavy (non-hydrogen) atoms. The molecule has 0 bridgehead atoms. The summed E-state index contributed by atoms with van der Waals surface area (Å²) in [4.78, 5) is 44.9. The third kappa shape index (κ3) is 7.14.